The molecule has 1 saturated carbocycles. The molecule has 1 amide bonds. The number of halogens is 2. The molecule has 1 aromatic carbocycles. The van der Waals surface area contributed by atoms with Crippen molar-refractivity contribution >= 4 is 40.0 Å². The van der Waals surface area contributed by atoms with E-state index in [0.29, 0.717) is 21.1 Å². The maximum absolute atomic E-state index is 12.5. The van der Waals surface area contributed by atoms with E-state index < -0.39 is 5.60 Å². The number of benzene rings is 1. The summed E-state index contributed by atoms with van der Waals surface area (Å²) in [6.45, 7) is 3.71. The molecule has 0 aliphatic heterocycles. The van der Waals surface area contributed by atoms with Crippen molar-refractivity contribution in [1.82, 2.24) is 10.3 Å². The summed E-state index contributed by atoms with van der Waals surface area (Å²) in [6, 6.07) is 5.33. The number of carbonyl (C=O) groups excluding carboxylic acids is 1. The average Bonchev–Trinajstić information content (AvgIpc) is 2.55. The van der Waals surface area contributed by atoms with Crippen molar-refractivity contribution in [3.63, 3.8) is 0 Å². The van der Waals surface area contributed by atoms with Gasteiger partial charge >= 0.3 is 0 Å². The lowest BCUT2D eigenvalue weighted by Gasteiger charge is -2.36. The van der Waals surface area contributed by atoms with Gasteiger partial charge in [0.2, 0.25) is 0 Å². The summed E-state index contributed by atoms with van der Waals surface area (Å²) in [5.74, 6) is 0.155. The Hall–Kier alpha value is -1.36. The number of rotatable bonds is 3. The number of fused-ring (bicyclic) bond motifs is 1. The van der Waals surface area contributed by atoms with Gasteiger partial charge in [-0.05, 0) is 63.6 Å². The third-order valence-electron chi connectivity index (χ3n) is 5.05. The summed E-state index contributed by atoms with van der Waals surface area (Å²) >= 11 is 12.0. The maximum atomic E-state index is 12.5. The molecule has 0 radical (unpaired) electrons. The number of nitrogens with one attached hydrogen (secondary N) is 1. The van der Waals surface area contributed by atoms with Crippen LogP contribution >= 0.6 is 23.2 Å². The van der Waals surface area contributed by atoms with E-state index >= 15 is 0 Å². The maximum Gasteiger partial charge on any atom is 0.253 e. The molecule has 6 heteroatoms. The number of amides is 1. The quantitative estimate of drug-likeness (QED) is 0.817. The van der Waals surface area contributed by atoms with Gasteiger partial charge in [0.15, 0.2) is 0 Å². The van der Waals surface area contributed by atoms with Gasteiger partial charge in [-0.25, -0.2) is 0 Å². The normalized spacial score (nSPS) is 21.3. The number of carbonyl (C=O) groups is 1. The minimum Gasteiger partial charge on any atom is -0.390 e. The van der Waals surface area contributed by atoms with Gasteiger partial charge in [0.25, 0.3) is 5.91 Å². The molecule has 1 aliphatic carbocycles. The number of aromatic nitrogens is 1. The van der Waals surface area contributed by atoms with Crippen molar-refractivity contribution in [2.45, 2.75) is 51.2 Å². The van der Waals surface area contributed by atoms with E-state index in [1.54, 1.807) is 24.4 Å². The van der Waals surface area contributed by atoms with Crippen LogP contribution < -0.4 is 5.32 Å². The summed E-state index contributed by atoms with van der Waals surface area (Å²) in [7, 11) is 0. The Morgan fingerprint density at radius 3 is 2.44 bits per heavy atom. The standard InChI is InChI=1S/C19H22Cl2N2O2/c1-19(2,25)13-3-5-14(6-4-13)23-18(24)12-7-11-8-15(20)16(21)9-17(11)22-10-12/h7-10,13-14,25H,3-6H2,1-2H3,(H,23,24)/t13-,14-. The van der Waals surface area contributed by atoms with Crippen molar-refractivity contribution in [2.75, 3.05) is 0 Å². The fraction of sp³-hybridized carbons (Fsp3) is 0.474. The lowest BCUT2D eigenvalue weighted by molar-refractivity contribution is -0.00257. The second kappa shape index (κ2) is 7.10. The lowest BCUT2D eigenvalue weighted by atomic mass is 9.77. The number of hydrogen-bond donors (Lipinski definition) is 2. The highest BCUT2D eigenvalue weighted by atomic mass is 35.5. The topological polar surface area (TPSA) is 62.2 Å². The highest BCUT2D eigenvalue weighted by molar-refractivity contribution is 6.42. The highest BCUT2D eigenvalue weighted by Crippen LogP contribution is 2.32. The average molecular weight is 381 g/mol. The Labute approximate surface area is 157 Å². The van der Waals surface area contributed by atoms with Crippen LogP contribution in [-0.2, 0) is 0 Å². The van der Waals surface area contributed by atoms with Crippen LogP contribution in [0.3, 0.4) is 0 Å². The summed E-state index contributed by atoms with van der Waals surface area (Å²) in [5.41, 5.74) is 0.560. The van der Waals surface area contributed by atoms with E-state index in [2.05, 4.69) is 10.3 Å². The molecule has 1 aromatic heterocycles. The van der Waals surface area contributed by atoms with Crippen LogP contribution in [0, 0.1) is 5.92 Å². The van der Waals surface area contributed by atoms with E-state index in [1.807, 2.05) is 13.8 Å². The number of pyridine rings is 1. The summed E-state index contributed by atoms with van der Waals surface area (Å²) in [5, 5.41) is 14.9. The highest BCUT2D eigenvalue weighted by Gasteiger charge is 2.31. The van der Waals surface area contributed by atoms with Crippen LogP contribution in [0.25, 0.3) is 10.9 Å². The van der Waals surface area contributed by atoms with Crippen LogP contribution in [0.5, 0.6) is 0 Å². The molecule has 0 bridgehead atoms. The zero-order valence-corrected chi connectivity index (χ0v) is 15.9. The summed E-state index contributed by atoms with van der Waals surface area (Å²) < 4.78 is 0. The van der Waals surface area contributed by atoms with Gasteiger partial charge < -0.3 is 10.4 Å². The van der Waals surface area contributed by atoms with Gasteiger partial charge in [0, 0.05) is 17.6 Å². The van der Waals surface area contributed by atoms with E-state index in [9.17, 15) is 9.90 Å². The molecule has 2 N–H and O–H groups in total. The first-order valence-electron chi connectivity index (χ1n) is 8.52. The van der Waals surface area contributed by atoms with E-state index in [4.69, 9.17) is 23.2 Å². The Balaban J connectivity index is 1.68. The monoisotopic (exact) mass is 380 g/mol. The number of aliphatic hydroxyl groups is 1. The molecule has 0 unspecified atom stereocenters. The van der Waals surface area contributed by atoms with Crippen LogP contribution in [0.2, 0.25) is 10.0 Å². The molecule has 25 heavy (non-hydrogen) atoms. The Morgan fingerprint density at radius 1 is 1.16 bits per heavy atom. The molecule has 3 rings (SSSR count). The smallest absolute Gasteiger partial charge is 0.253 e. The van der Waals surface area contributed by atoms with Gasteiger partial charge in [-0.15, -0.1) is 0 Å². The number of nitrogens with zero attached hydrogens (tertiary/aromatic N) is 1. The van der Waals surface area contributed by atoms with Gasteiger partial charge in [0.1, 0.15) is 0 Å². The summed E-state index contributed by atoms with van der Waals surface area (Å²) in [6.07, 6.45) is 5.15. The van der Waals surface area contributed by atoms with Crippen LogP contribution in [0.15, 0.2) is 24.4 Å². The fourth-order valence-electron chi connectivity index (χ4n) is 3.46. The van der Waals surface area contributed by atoms with Crippen molar-refractivity contribution in [2.24, 2.45) is 5.92 Å². The molecule has 2 aromatic rings. The van der Waals surface area contributed by atoms with Gasteiger partial charge in [-0.3, -0.25) is 9.78 Å². The zero-order valence-electron chi connectivity index (χ0n) is 14.4. The largest absolute Gasteiger partial charge is 0.390 e. The van der Waals surface area contributed by atoms with Gasteiger partial charge in [-0.1, -0.05) is 23.2 Å². The second-order valence-electron chi connectivity index (χ2n) is 7.36. The third-order valence-corrected chi connectivity index (χ3v) is 5.77. The molecule has 0 saturated heterocycles. The molecular weight excluding hydrogens is 359 g/mol. The van der Waals surface area contributed by atoms with Crippen LogP contribution in [0.1, 0.15) is 49.9 Å². The van der Waals surface area contributed by atoms with E-state index in [-0.39, 0.29) is 17.9 Å². The first kappa shape index (κ1) is 18.4. The molecule has 4 nitrogen and oxygen atoms in total. The van der Waals surface area contributed by atoms with E-state index in [1.165, 1.54) is 0 Å². The fourth-order valence-corrected chi connectivity index (χ4v) is 3.79. The second-order valence-corrected chi connectivity index (χ2v) is 8.17. The predicted molar refractivity (Wildman–Crippen MR) is 101 cm³/mol. The van der Waals surface area contributed by atoms with Crippen LogP contribution in [0.4, 0.5) is 0 Å². The first-order chi connectivity index (χ1) is 11.7. The van der Waals surface area contributed by atoms with Gasteiger partial charge in [-0.2, -0.15) is 0 Å². The minimum absolute atomic E-state index is 0.132. The molecule has 1 aliphatic rings. The molecule has 0 atom stereocenters. The summed E-state index contributed by atoms with van der Waals surface area (Å²) in [4.78, 5) is 16.8. The SMILES string of the molecule is CC(C)(O)[C@H]1CC[C@H](NC(=O)c2cnc3cc(Cl)c(Cl)cc3c2)CC1. The van der Waals surface area contributed by atoms with E-state index in [0.717, 1.165) is 31.1 Å². The van der Waals surface area contributed by atoms with Crippen molar-refractivity contribution < 1.29 is 9.90 Å². The molecule has 134 valence electrons. The lowest BCUT2D eigenvalue weighted by Crippen LogP contribution is -2.41. The van der Waals surface area contributed by atoms with Crippen molar-refractivity contribution in [3.8, 4) is 0 Å². The Morgan fingerprint density at radius 2 is 1.80 bits per heavy atom. The van der Waals surface area contributed by atoms with Crippen molar-refractivity contribution in [3.05, 3.63) is 40.0 Å². The van der Waals surface area contributed by atoms with Crippen LogP contribution in [-0.4, -0.2) is 27.6 Å². The predicted octanol–water partition coefficient (Wildman–Crippen LogP) is 4.60. The molecular formula is C19H22Cl2N2O2. The Kier molecular flexibility index (Phi) is 5.24. The zero-order chi connectivity index (χ0) is 18.2. The minimum atomic E-state index is -0.655. The van der Waals surface area contributed by atoms with Crippen molar-refractivity contribution in [1.29, 1.82) is 0 Å². The Bertz CT molecular complexity index is 794. The molecule has 1 fully saturated rings. The molecule has 1 heterocycles. The van der Waals surface area contributed by atoms with Gasteiger partial charge in [0.05, 0.1) is 26.7 Å². The third kappa shape index (κ3) is 4.25. The molecule has 0 spiro atoms. The number of hydrogen-bond acceptors (Lipinski definition) is 3. The first-order valence-corrected chi connectivity index (χ1v) is 9.27.